The zero-order chi connectivity index (χ0) is 14.7. The second-order valence-electron chi connectivity index (χ2n) is 4.96. The molecule has 0 bridgehead atoms. The van der Waals surface area contributed by atoms with Crippen LogP contribution in [0.15, 0.2) is 42.6 Å². The van der Waals surface area contributed by atoms with E-state index in [-0.39, 0.29) is 10.9 Å². The van der Waals surface area contributed by atoms with Gasteiger partial charge in [0.1, 0.15) is 17.5 Å². The van der Waals surface area contributed by atoms with Crippen molar-refractivity contribution in [2.45, 2.75) is 12.5 Å². The van der Waals surface area contributed by atoms with E-state index in [0.29, 0.717) is 29.5 Å². The number of hydrogen-bond acceptors (Lipinski definition) is 4. The molecular formula is C16H15ClN2O2. The number of carbonyl (C=O) groups excluding carboxylic acids is 1. The van der Waals surface area contributed by atoms with Gasteiger partial charge in [0.2, 0.25) is 0 Å². The average Bonchev–Trinajstić information content (AvgIpc) is 2.47. The third-order valence-electron chi connectivity index (χ3n) is 3.47. The Balaban J connectivity index is 1.78. The summed E-state index contributed by atoms with van der Waals surface area (Å²) in [6, 6.07) is 11.0. The van der Waals surface area contributed by atoms with Crippen LogP contribution < -0.4 is 10.1 Å². The normalized spacial score (nSPS) is 17.1. The topological polar surface area (TPSA) is 51.2 Å². The maximum Gasteiger partial charge on any atom is 0.196 e. The second-order valence-corrected chi connectivity index (χ2v) is 5.31. The summed E-state index contributed by atoms with van der Waals surface area (Å²) in [7, 11) is 0. The molecule has 3 rings (SSSR count). The van der Waals surface area contributed by atoms with Gasteiger partial charge in [-0.25, -0.2) is 4.98 Å². The second kappa shape index (κ2) is 6.24. The first-order chi connectivity index (χ1) is 10.2. The minimum absolute atomic E-state index is 0.152. The molecule has 0 spiro atoms. The fraction of sp³-hybridized carbons (Fsp3) is 0.250. The molecule has 1 saturated heterocycles. The van der Waals surface area contributed by atoms with Gasteiger partial charge in [-0.05, 0) is 19.0 Å². The molecule has 5 heteroatoms. The third-order valence-corrected chi connectivity index (χ3v) is 3.77. The van der Waals surface area contributed by atoms with Crippen LogP contribution >= 0.6 is 11.6 Å². The highest BCUT2D eigenvalue weighted by atomic mass is 35.5. The molecule has 1 fully saturated rings. The van der Waals surface area contributed by atoms with E-state index in [2.05, 4.69) is 10.3 Å². The number of hydrogen-bond donors (Lipinski definition) is 1. The number of benzene rings is 1. The van der Waals surface area contributed by atoms with E-state index in [1.54, 1.807) is 24.4 Å². The SMILES string of the molecule is O=C(c1ccccc1)c1cc(OC[C@@H]2CCN2)cnc1Cl. The zero-order valence-corrected chi connectivity index (χ0v) is 12.1. The molecule has 21 heavy (non-hydrogen) atoms. The highest BCUT2D eigenvalue weighted by Crippen LogP contribution is 2.22. The summed E-state index contributed by atoms with van der Waals surface area (Å²) in [5, 5.41) is 3.44. The first-order valence-electron chi connectivity index (χ1n) is 6.85. The van der Waals surface area contributed by atoms with Gasteiger partial charge in [0.25, 0.3) is 0 Å². The Morgan fingerprint density at radius 1 is 1.38 bits per heavy atom. The monoisotopic (exact) mass is 302 g/mol. The summed E-state index contributed by atoms with van der Waals surface area (Å²) >= 11 is 6.04. The molecule has 0 amide bonds. The summed E-state index contributed by atoms with van der Waals surface area (Å²) < 4.78 is 5.66. The van der Waals surface area contributed by atoms with Gasteiger partial charge >= 0.3 is 0 Å². The van der Waals surface area contributed by atoms with Crippen molar-refractivity contribution in [3.8, 4) is 5.75 Å². The van der Waals surface area contributed by atoms with Crippen LogP contribution in [0.1, 0.15) is 22.3 Å². The molecule has 1 N–H and O–H groups in total. The fourth-order valence-corrected chi connectivity index (χ4v) is 2.29. The molecule has 0 saturated carbocycles. The van der Waals surface area contributed by atoms with Gasteiger partial charge in [0, 0.05) is 11.6 Å². The Morgan fingerprint density at radius 3 is 2.81 bits per heavy atom. The molecule has 1 aromatic heterocycles. The quantitative estimate of drug-likeness (QED) is 0.681. The molecule has 0 aliphatic carbocycles. The van der Waals surface area contributed by atoms with Crippen molar-refractivity contribution in [3.63, 3.8) is 0 Å². The van der Waals surface area contributed by atoms with E-state index in [0.717, 1.165) is 13.0 Å². The lowest BCUT2D eigenvalue weighted by Crippen LogP contribution is -2.46. The Hall–Kier alpha value is -1.91. The number of ketones is 1. The molecule has 2 aromatic rings. The fourth-order valence-electron chi connectivity index (χ4n) is 2.10. The standard InChI is InChI=1S/C16H15ClN2O2/c17-16-14(15(20)11-4-2-1-3-5-11)8-13(9-19-16)21-10-12-6-7-18-12/h1-5,8-9,12,18H,6-7,10H2/t12-/m0/s1. The Morgan fingerprint density at radius 2 is 2.14 bits per heavy atom. The molecule has 1 aliphatic heterocycles. The Kier molecular flexibility index (Phi) is 4.18. The van der Waals surface area contributed by atoms with Gasteiger partial charge in [0.15, 0.2) is 5.78 Å². The average molecular weight is 303 g/mol. The lowest BCUT2D eigenvalue weighted by atomic mass is 10.1. The maximum atomic E-state index is 12.4. The van der Waals surface area contributed by atoms with Gasteiger partial charge in [-0.1, -0.05) is 41.9 Å². The number of ether oxygens (including phenoxy) is 1. The van der Waals surface area contributed by atoms with E-state index in [1.165, 1.54) is 0 Å². The molecule has 1 atom stereocenters. The lowest BCUT2D eigenvalue weighted by molar-refractivity contribution is 0.103. The predicted octanol–water partition coefficient (Wildman–Crippen LogP) is 2.71. The van der Waals surface area contributed by atoms with Crippen LogP contribution in [0, 0.1) is 0 Å². The largest absolute Gasteiger partial charge is 0.490 e. The van der Waals surface area contributed by atoms with E-state index in [4.69, 9.17) is 16.3 Å². The zero-order valence-electron chi connectivity index (χ0n) is 11.4. The van der Waals surface area contributed by atoms with Gasteiger partial charge in [-0.3, -0.25) is 4.79 Å². The van der Waals surface area contributed by atoms with E-state index >= 15 is 0 Å². The number of aromatic nitrogens is 1. The van der Waals surface area contributed by atoms with Crippen molar-refractivity contribution in [1.82, 2.24) is 10.3 Å². The smallest absolute Gasteiger partial charge is 0.196 e. The summed E-state index contributed by atoms with van der Waals surface area (Å²) in [6.45, 7) is 1.60. The Labute approximate surface area is 128 Å². The Bertz CT molecular complexity index is 642. The first kappa shape index (κ1) is 14.0. The minimum atomic E-state index is -0.152. The number of nitrogens with one attached hydrogen (secondary N) is 1. The predicted molar refractivity (Wildman–Crippen MR) is 81.0 cm³/mol. The number of carbonyl (C=O) groups is 1. The van der Waals surface area contributed by atoms with Crippen LogP contribution in [0.2, 0.25) is 5.15 Å². The third kappa shape index (κ3) is 3.23. The molecule has 0 unspecified atom stereocenters. The molecule has 1 aliphatic rings. The highest BCUT2D eigenvalue weighted by Gasteiger charge is 2.18. The van der Waals surface area contributed by atoms with Crippen molar-refractivity contribution in [2.24, 2.45) is 0 Å². The summed E-state index contributed by atoms with van der Waals surface area (Å²) in [6.07, 6.45) is 2.65. The molecule has 108 valence electrons. The van der Waals surface area contributed by atoms with E-state index in [9.17, 15) is 4.79 Å². The van der Waals surface area contributed by atoms with Crippen LogP contribution in [-0.2, 0) is 0 Å². The molecule has 0 radical (unpaired) electrons. The van der Waals surface area contributed by atoms with Crippen molar-refractivity contribution in [2.75, 3.05) is 13.2 Å². The maximum absolute atomic E-state index is 12.4. The van der Waals surface area contributed by atoms with Gasteiger partial charge in [-0.2, -0.15) is 0 Å². The first-order valence-corrected chi connectivity index (χ1v) is 7.23. The van der Waals surface area contributed by atoms with Crippen molar-refractivity contribution < 1.29 is 9.53 Å². The van der Waals surface area contributed by atoms with Crippen molar-refractivity contribution >= 4 is 17.4 Å². The van der Waals surface area contributed by atoms with Crippen LogP contribution in [0.4, 0.5) is 0 Å². The van der Waals surface area contributed by atoms with Crippen molar-refractivity contribution in [1.29, 1.82) is 0 Å². The van der Waals surface area contributed by atoms with Crippen LogP contribution in [0.25, 0.3) is 0 Å². The van der Waals surface area contributed by atoms with E-state index < -0.39 is 0 Å². The van der Waals surface area contributed by atoms with Crippen LogP contribution in [0.5, 0.6) is 5.75 Å². The van der Waals surface area contributed by atoms with Gasteiger partial charge in [0.05, 0.1) is 11.8 Å². The molecule has 1 aromatic carbocycles. The number of rotatable bonds is 5. The summed E-state index contributed by atoms with van der Waals surface area (Å²) in [5.74, 6) is 0.410. The number of halogens is 1. The minimum Gasteiger partial charge on any atom is -0.490 e. The summed E-state index contributed by atoms with van der Waals surface area (Å²) in [4.78, 5) is 16.5. The van der Waals surface area contributed by atoms with E-state index in [1.807, 2.05) is 18.2 Å². The van der Waals surface area contributed by atoms with Crippen LogP contribution in [-0.4, -0.2) is 30.0 Å². The lowest BCUT2D eigenvalue weighted by Gasteiger charge is -2.27. The van der Waals surface area contributed by atoms with Crippen molar-refractivity contribution in [3.05, 3.63) is 58.9 Å². The van der Waals surface area contributed by atoms with Crippen LogP contribution in [0.3, 0.4) is 0 Å². The van der Waals surface area contributed by atoms with Gasteiger partial charge in [-0.15, -0.1) is 0 Å². The summed E-state index contributed by atoms with van der Waals surface area (Å²) in [5.41, 5.74) is 0.945. The highest BCUT2D eigenvalue weighted by molar-refractivity contribution is 6.33. The molecule has 4 nitrogen and oxygen atoms in total. The number of pyridine rings is 1. The molecule has 2 heterocycles. The molecular weight excluding hydrogens is 288 g/mol. The van der Waals surface area contributed by atoms with Gasteiger partial charge < -0.3 is 10.1 Å². The number of nitrogens with zero attached hydrogens (tertiary/aromatic N) is 1.